The Morgan fingerprint density at radius 3 is 2.70 bits per heavy atom. The summed E-state index contributed by atoms with van der Waals surface area (Å²) in [5.41, 5.74) is 2.80. The topological polar surface area (TPSA) is 73.6 Å². The first kappa shape index (κ1) is 17.2. The van der Waals surface area contributed by atoms with Gasteiger partial charge in [0.15, 0.2) is 11.5 Å². The van der Waals surface area contributed by atoms with E-state index in [9.17, 15) is 9.18 Å². The summed E-state index contributed by atoms with van der Waals surface area (Å²) in [5.74, 6) is 5.11. The Hall–Kier alpha value is -2.12. The third-order valence-corrected chi connectivity index (χ3v) is 3.62. The largest absolute Gasteiger partial charge is 0.490 e. The van der Waals surface area contributed by atoms with Crippen molar-refractivity contribution in [1.82, 2.24) is 5.43 Å². The predicted molar refractivity (Wildman–Crippen MR) is 87.7 cm³/mol. The van der Waals surface area contributed by atoms with Crippen LogP contribution in [-0.4, -0.2) is 12.5 Å². The Kier molecular flexibility index (Phi) is 5.95. The zero-order chi connectivity index (χ0) is 16.8. The van der Waals surface area contributed by atoms with Gasteiger partial charge in [-0.15, -0.1) is 0 Å². The van der Waals surface area contributed by atoms with E-state index in [-0.39, 0.29) is 12.4 Å². The zero-order valence-electron chi connectivity index (χ0n) is 12.4. The first-order valence-corrected chi connectivity index (χ1v) is 7.69. The highest BCUT2D eigenvalue weighted by Crippen LogP contribution is 2.37. The highest BCUT2D eigenvalue weighted by molar-refractivity contribution is 9.10. The van der Waals surface area contributed by atoms with Gasteiger partial charge in [-0.1, -0.05) is 18.2 Å². The van der Waals surface area contributed by atoms with E-state index in [0.29, 0.717) is 33.7 Å². The second-order valence-corrected chi connectivity index (χ2v) is 5.43. The molecule has 122 valence electrons. The van der Waals surface area contributed by atoms with Crippen LogP contribution in [0, 0.1) is 5.82 Å². The second-order valence-electron chi connectivity index (χ2n) is 4.57. The predicted octanol–water partition coefficient (Wildman–Crippen LogP) is 3.17. The van der Waals surface area contributed by atoms with Crippen molar-refractivity contribution in [2.24, 2.45) is 5.84 Å². The van der Waals surface area contributed by atoms with E-state index in [1.807, 2.05) is 6.92 Å². The van der Waals surface area contributed by atoms with Gasteiger partial charge in [0, 0.05) is 11.1 Å². The van der Waals surface area contributed by atoms with Crippen molar-refractivity contribution in [1.29, 1.82) is 0 Å². The molecule has 23 heavy (non-hydrogen) atoms. The molecule has 0 spiro atoms. The van der Waals surface area contributed by atoms with Crippen LogP contribution >= 0.6 is 15.9 Å². The average molecular weight is 383 g/mol. The van der Waals surface area contributed by atoms with Crippen molar-refractivity contribution in [2.45, 2.75) is 13.5 Å². The smallest absolute Gasteiger partial charge is 0.265 e. The maximum absolute atomic E-state index is 13.7. The summed E-state index contributed by atoms with van der Waals surface area (Å²) in [7, 11) is 0. The standard InChI is InChI=1S/C16H16BrFN2O3/c1-2-22-14-8-11(16(21)20-19)7-12(17)15(14)23-9-10-5-3-4-6-13(10)18/h3-8H,2,9,19H2,1H3,(H,20,21). The Morgan fingerprint density at radius 1 is 1.30 bits per heavy atom. The number of nitrogens with two attached hydrogens (primary N) is 1. The molecule has 0 fully saturated rings. The lowest BCUT2D eigenvalue weighted by molar-refractivity contribution is 0.0953. The molecule has 3 N–H and O–H groups in total. The molecule has 7 heteroatoms. The number of amides is 1. The molecular formula is C16H16BrFN2O3. The fourth-order valence-corrected chi connectivity index (χ4v) is 2.51. The summed E-state index contributed by atoms with van der Waals surface area (Å²) in [4.78, 5) is 11.7. The molecular weight excluding hydrogens is 367 g/mol. The summed E-state index contributed by atoms with van der Waals surface area (Å²) >= 11 is 3.34. The molecule has 0 aliphatic heterocycles. The number of ether oxygens (including phenoxy) is 2. The highest BCUT2D eigenvalue weighted by atomic mass is 79.9. The normalized spacial score (nSPS) is 10.3. The molecule has 0 heterocycles. The minimum Gasteiger partial charge on any atom is -0.490 e. The summed E-state index contributed by atoms with van der Waals surface area (Å²) < 4.78 is 25.4. The average Bonchev–Trinajstić information content (AvgIpc) is 2.55. The van der Waals surface area contributed by atoms with E-state index in [2.05, 4.69) is 21.4 Å². The third-order valence-electron chi connectivity index (χ3n) is 3.03. The lowest BCUT2D eigenvalue weighted by Crippen LogP contribution is -2.30. The van der Waals surface area contributed by atoms with Crippen molar-refractivity contribution in [3.8, 4) is 11.5 Å². The molecule has 2 aromatic carbocycles. The molecule has 0 saturated carbocycles. The van der Waals surface area contributed by atoms with Crippen molar-refractivity contribution < 1.29 is 18.7 Å². The first-order valence-electron chi connectivity index (χ1n) is 6.90. The van der Waals surface area contributed by atoms with Gasteiger partial charge in [0.1, 0.15) is 12.4 Å². The van der Waals surface area contributed by atoms with Crippen molar-refractivity contribution in [3.63, 3.8) is 0 Å². The van der Waals surface area contributed by atoms with Gasteiger partial charge in [0.2, 0.25) is 0 Å². The zero-order valence-corrected chi connectivity index (χ0v) is 14.0. The highest BCUT2D eigenvalue weighted by Gasteiger charge is 2.16. The van der Waals surface area contributed by atoms with E-state index in [4.69, 9.17) is 15.3 Å². The molecule has 0 aromatic heterocycles. The summed E-state index contributed by atoms with van der Waals surface area (Å²) in [6, 6.07) is 9.43. The lowest BCUT2D eigenvalue weighted by atomic mass is 10.2. The number of carbonyl (C=O) groups excluding carboxylic acids is 1. The Morgan fingerprint density at radius 2 is 2.04 bits per heavy atom. The number of hydrazine groups is 1. The number of carbonyl (C=O) groups is 1. The van der Waals surface area contributed by atoms with Gasteiger partial charge < -0.3 is 9.47 Å². The fourth-order valence-electron chi connectivity index (χ4n) is 1.95. The van der Waals surface area contributed by atoms with Crippen LogP contribution in [0.3, 0.4) is 0 Å². The number of nitrogen functional groups attached to an aromatic ring is 1. The van der Waals surface area contributed by atoms with Gasteiger partial charge in [0.25, 0.3) is 5.91 Å². The number of hydrogen-bond donors (Lipinski definition) is 2. The fraction of sp³-hybridized carbons (Fsp3) is 0.188. The van der Waals surface area contributed by atoms with Gasteiger partial charge in [-0.3, -0.25) is 10.2 Å². The minimum absolute atomic E-state index is 0.0355. The maximum Gasteiger partial charge on any atom is 0.265 e. The Labute approximate surface area is 141 Å². The Balaban J connectivity index is 2.29. The van der Waals surface area contributed by atoms with Crippen molar-refractivity contribution in [3.05, 3.63) is 57.8 Å². The SMILES string of the molecule is CCOc1cc(C(=O)NN)cc(Br)c1OCc1ccccc1F. The number of rotatable bonds is 6. The van der Waals surface area contributed by atoms with Crippen LogP contribution in [0.2, 0.25) is 0 Å². The van der Waals surface area contributed by atoms with E-state index in [0.717, 1.165) is 0 Å². The summed E-state index contributed by atoms with van der Waals surface area (Å²) in [5, 5.41) is 0. The molecule has 0 saturated heterocycles. The van der Waals surface area contributed by atoms with E-state index < -0.39 is 5.91 Å². The van der Waals surface area contributed by atoms with E-state index in [1.165, 1.54) is 12.1 Å². The van der Waals surface area contributed by atoms with Crippen LogP contribution < -0.4 is 20.7 Å². The van der Waals surface area contributed by atoms with Crippen LogP contribution in [0.5, 0.6) is 11.5 Å². The lowest BCUT2D eigenvalue weighted by Gasteiger charge is -2.15. The summed E-state index contributed by atoms with van der Waals surface area (Å²) in [6.07, 6.45) is 0. The van der Waals surface area contributed by atoms with Gasteiger partial charge in [-0.2, -0.15) is 0 Å². The Bertz CT molecular complexity index is 710. The number of benzene rings is 2. The van der Waals surface area contributed by atoms with Crippen LogP contribution in [0.4, 0.5) is 4.39 Å². The quantitative estimate of drug-likeness (QED) is 0.457. The molecule has 1 amide bonds. The number of nitrogens with one attached hydrogen (secondary N) is 1. The van der Waals surface area contributed by atoms with Gasteiger partial charge in [-0.05, 0) is 41.1 Å². The number of halogens is 2. The molecule has 0 aliphatic carbocycles. The molecule has 0 unspecified atom stereocenters. The van der Waals surface area contributed by atoms with Crippen LogP contribution in [0.25, 0.3) is 0 Å². The molecule has 2 rings (SSSR count). The van der Waals surface area contributed by atoms with Crippen LogP contribution in [0.1, 0.15) is 22.8 Å². The van der Waals surface area contributed by atoms with E-state index >= 15 is 0 Å². The van der Waals surface area contributed by atoms with Crippen LogP contribution in [-0.2, 0) is 6.61 Å². The molecule has 0 radical (unpaired) electrons. The molecule has 0 bridgehead atoms. The molecule has 2 aromatic rings. The van der Waals surface area contributed by atoms with Gasteiger partial charge in [0.05, 0.1) is 11.1 Å². The minimum atomic E-state index is -0.452. The number of hydrogen-bond acceptors (Lipinski definition) is 4. The summed E-state index contributed by atoms with van der Waals surface area (Å²) in [6.45, 7) is 2.23. The first-order chi connectivity index (χ1) is 11.1. The van der Waals surface area contributed by atoms with Gasteiger partial charge >= 0.3 is 0 Å². The molecule has 5 nitrogen and oxygen atoms in total. The monoisotopic (exact) mass is 382 g/mol. The van der Waals surface area contributed by atoms with Gasteiger partial charge in [-0.25, -0.2) is 10.2 Å². The second kappa shape index (κ2) is 7.94. The molecule has 0 atom stereocenters. The van der Waals surface area contributed by atoms with Crippen LogP contribution in [0.15, 0.2) is 40.9 Å². The third kappa shape index (κ3) is 4.20. The van der Waals surface area contributed by atoms with Crippen molar-refractivity contribution >= 4 is 21.8 Å². The molecule has 0 aliphatic rings. The van der Waals surface area contributed by atoms with Crippen molar-refractivity contribution in [2.75, 3.05) is 6.61 Å². The van der Waals surface area contributed by atoms with E-state index in [1.54, 1.807) is 24.3 Å². The maximum atomic E-state index is 13.7.